The molecular formula is C12H11N5S. The van der Waals surface area contributed by atoms with E-state index in [9.17, 15) is 0 Å². The topological polar surface area (TPSA) is 46.8 Å². The molecule has 0 spiro atoms. The molecule has 3 aromatic rings. The molecule has 0 aliphatic carbocycles. The average Bonchev–Trinajstić information content (AvgIpc) is 2.97. The van der Waals surface area contributed by atoms with Gasteiger partial charge in [-0.25, -0.2) is 4.98 Å². The maximum absolute atomic E-state index is 4.50. The summed E-state index contributed by atoms with van der Waals surface area (Å²) in [7, 11) is 0. The van der Waals surface area contributed by atoms with Crippen molar-refractivity contribution in [2.24, 2.45) is 0 Å². The van der Waals surface area contributed by atoms with Crippen molar-refractivity contribution in [3.8, 4) is 0 Å². The van der Waals surface area contributed by atoms with Crippen molar-refractivity contribution in [2.75, 3.05) is 18.0 Å². The highest BCUT2D eigenvalue weighted by Crippen LogP contribution is 2.33. The Morgan fingerprint density at radius 2 is 1.94 bits per heavy atom. The summed E-state index contributed by atoms with van der Waals surface area (Å²) >= 11 is 1.76. The van der Waals surface area contributed by atoms with Gasteiger partial charge in [-0.15, -0.1) is 11.3 Å². The SMILES string of the molecule is c1cc2sccc2c(N2CC(n3nccn3)C2)n1. The molecule has 3 aromatic heterocycles. The minimum absolute atomic E-state index is 0.371. The van der Waals surface area contributed by atoms with Crippen LogP contribution in [0.25, 0.3) is 10.1 Å². The third-order valence-electron chi connectivity index (χ3n) is 3.28. The van der Waals surface area contributed by atoms with Crippen LogP contribution in [-0.2, 0) is 0 Å². The van der Waals surface area contributed by atoms with Gasteiger partial charge >= 0.3 is 0 Å². The molecule has 1 aliphatic heterocycles. The van der Waals surface area contributed by atoms with Gasteiger partial charge in [0.05, 0.1) is 12.4 Å². The van der Waals surface area contributed by atoms with Gasteiger partial charge < -0.3 is 4.90 Å². The van der Waals surface area contributed by atoms with Crippen LogP contribution in [0, 0.1) is 0 Å². The molecule has 0 N–H and O–H groups in total. The number of thiophene rings is 1. The van der Waals surface area contributed by atoms with Crippen LogP contribution in [0.4, 0.5) is 5.82 Å². The van der Waals surface area contributed by atoms with Crippen LogP contribution in [0.1, 0.15) is 6.04 Å². The molecule has 0 radical (unpaired) electrons. The van der Waals surface area contributed by atoms with E-state index in [1.807, 2.05) is 6.20 Å². The van der Waals surface area contributed by atoms with E-state index in [1.165, 1.54) is 10.1 Å². The quantitative estimate of drug-likeness (QED) is 0.704. The van der Waals surface area contributed by atoms with E-state index in [0.29, 0.717) is 6.04 Å². The second-order valence-corrected chi connectivity index (χ2v) is 5.32. The maximum Gasteiger partial charge on any atom is 0.137 e. The molecule has 1 fully saturated rings. The molecule has 0 aromatic carbocycles. The molecule has 90 valence electrons. The van der Waals surface area contributed by atoms with E-state index in [1.54, 1.807) is 28.5 Å². The minimum Gasteiger partial charge on any atom is -0.352 e. The van der Waals surface area contributed by atoms with Crippen molar-refractivity contribution in [3.05, 3.63) is 36.1 Å². The predicted octanol–water partition coefficient (Wildman–Crippen LogP) is 1.95. The lowest BCUT2D eigenvalue weighted by molar-refractivity contribution is 0.331. The van der Waals surface area contributed by atoms with E-state index < -0.39 is 0 Å². The van der Waals surface area contributed by atoms with Crippen molar-refractivity contribution in [2.45, 2.75) is 6.04 Å². The van der Waals surface area contributed by atoms with E-state index in [4.69, 9.17) is 0 Å². The normalized spacial score (nSPS) is 16.1. The number of aromatic nitrogens is 4. The molecule has 1 saturated heterocycles. The summed E-state index contributed by atoms with van der Waals surface area (Å²) < 4.78 is 1.29. The van der Waals surface area contributed by atoms with Crippen molar-refractivity contribution in [1.82, 2.24) is 20.0 Å². The van der Waals surface area contributed by atoms with Gasteiger partial charge in [0.2, 0.25) is 0 Å². The summed E-state index contributed by atoms with van der Waals surface area (Å²) in [6, 6.07) is 4.58. The van der Waals surface area contributed by atoms with Gasteiger partial charge in [-0.3, -0.25) is 0 Å². The second kappa shape index (κ2) is 3.78. The summed E-state index contributed by atoms with van der Waals surface area (Å²) in [6.45, 7) is 1.85. The molecule has 18 heavy (non-hydrogen) atoms. The van der Waals surface area contributed by atoms with Crippen LogP contribution >= 0.6 is 11.3 Å². The number of nitrogens with zero attached hydrogens (tertiary/aromatic N) is 5. The molecule has 4 heterocycles. The Morgan fingerprint density at radius 3 is 2.78 bits per heavy atom. The summed E-state index contributed by atoms with van der Waals surface area (Å²) in [5.74, 6) is 1.08. The molecule has 0 atom stereocenters. The molecule has 4 rings (SSSR count). The molecular weight excluding hydrogens is 246 g/mol. The van der Waals surface area contributed by atoms with Crippen molar-refractivity contribution < 1.29 is 0 Å². The van der Waals surface area contributed by atoms with Gasteiger partial charge in [-0.05, 0) is 17.5 Å². The first kappa shape index (κ1) is 10.0. The van der Waals surface area contributed by atoms with E-state index >= 15 is 0 Å². The Hall–Kier alpha value is -1.95. The van der Waals surface area contributed by atoms with Crippen LogP contribution < -0.4 is 4.90 Å². The second-order valence-electron chi connectivity index (χ2n) is 4.38. The van der Waals surface area contributed by atoms with Crippen molar-refractivity contribution in [1.29, 1.82) is 0 Å². The van der Waals surface area contributed by atoms with Gasteiger partial charge in [-0.2, -0.15) is 15.0 Å². The van der Waals surface area contributed by atoms with Crippen molar-refractivity contribution in [3.63, 3.8) is 0 Å². The fourth-order valence-corrected chi connectivity index (χ4v) is 3.10. The van der Waals surface area contributed by atoms with Crippen LogP contribution in [-0.4, -0.2) is 33.1 Å². The number of hydrogen-bond donors (Lipinski definition) is 0. The fraction of sp³-hybridized carbons (Fsp3) is 0.250. The fourth-order valence-electron chi connectivity index (χ4n) is 2.32. The van der Waals surface area contributed by atoms with E-state index in [2.05, 4.69) is 37.6 Å². The first-order valence-corrected chi connectivity index (χ1v) is 6.73. The Bertz CT molecular complexity index is 669. The third-order valence-corrected chi connectivity index (χ3v) is 4.17. The highest BCUT2D eigenvalue weighted by Gasteiger charge is 2.31. The monoisotopic (exact) mass is 257 g/mol. The number of pyridine rings is 1. The molecule has 0 amide bonds. The highest BCUT2D eigenvalue weighted by atomic mass is 32.1. The van der Waals surface area contributed by atoms with Crippen LogP contribution in [0.3, 0.4) is 0 Å². The molecule has 0 bridgehead atoms. The summed E-state index contributed by atoms with van der Waals surface area (Å²) in [4.78, 5) is 8.56. The van der Waals surface area contributed by atoms with Gasteiger partial charge in [0.25, 0.3) is 0 Å². The largest absolute Gasteiger partial charge is 0.352 e. The summed E-state index contributed by atoms with van der Waals surface area (Å²) in [6.07, 6.45) is 5.33. The zero-order chi connectivity index (χ0) is 11.9. The van der Waals surface area contributed by atoms with E-state index in [0.717, 1.165) is 18.9 Å². The lowest BCUT2D eigenvalue weighted by Gasteiger charge is -2.39. The Kier molecular flexibility index (Phi) is 2.10. The molecule has 5 nitrogen and oxygen atoms in total. The van der Waals surface area contributed by atoms with Gasteiger partial charge in [-0.1, -0.05) is 0 Å². The van der Waals surface area contributed by atoms with Crippen LogP contribution in [0.5, 0.6) is 0 Å². The van der Waals surface area contributed by atoms with Crippen LogP contribution in [0.2, 0.25) is 0 Å². The van der Waals surface area contributed by atoms with Gasteiger partial charge in [0.1, 0.15) is 11.9 Å². The standard InChI is InChI=1S/C12H11N5S/c1-3-13-12(10-2-6-18-11(1)10)16-7-9(8-16)17-14-4-5-15-17/h1-6,9H,7-8H2. The average molecular weight is 257 g/mol. The van der Waals surface area contributed by atoms with Crippen LogP contribution in [0.15, 0.2) is 36.1 Å². The minimum atomic E-state index is 0.371. The highest BCUT2D eigenvalue weighted by molar-refractivity contribution is 7.17. The third kappa shape index (κ3) is 1.42. The smallest absolute Gasteiger partial charge is 0.137 e. The van der Waals surface area contributed by atoms with Crippen molar-refractivity contribution >= 4 is 27.2 Å². The maximum atomic E-state index is 4.50. The van der Waals surface area contributed by atoms with Gasteiger partial charge in [0, 0.05) is 29.4 Å². The summed E-state index contributed by atoms with van der Waals surface area (Å²) in [5, 5.41) is 11.7. The predicted molar refractivity (Wildman–Crippen MR) is 70.9 cm³/mol. The molecule has 1 aliphatic rings. The van der Waals surface area contributed by atoms with E-state index in [-0.39, 0.29) is 0 Å². The number of anilines is 1. The number of hydrogen-bond acceptors (Lipinski definition) is 5. The molecule has 0 saturated carbocycles. The Morgan fingerprint density at radius 1 is 1.11 bits per heavy atom. The number of fused-ring (bicyclic) bond motifs is 1. The zero-order valence-corrected chi connectivity index (χ0v) is 10.4. The molecule has 6 heteroatoms. The lowest BCUT2D eigenvalue weighted by atomic mass is 10.1. The van der Waals surface area contributed by atoms with Gasteiger partial charge in [0.15, 0.2) is 0 Å². The zero-order valence-electron chi connectivity index (χ0n) is 9.60. The first-order valence-electron chi connectivity index (χ1n) is 5.85. The lowest BCUT2D eigenvalue weighted by Crippen LogP contribution is -2.48. The Labute approximate surface area is 108 Å². The summed E-state index contributed by atoms with van der Waals surface area (Å²) in [5.41, 5.74) is 0. The number of rotatable bonds is 2. The molecule has 0 unspecified atom stereocenters. The first-order chi connectivity index (χ1) is 8.92. The Balaban J connectivity index is 1.61.